The third-order valence-electron chi connectivity index (χ3n) is 3.28. The van der Waals surface area contributed by atoms with Crippen LogP contribution in [0.3, 0.4) is 0 Å². The van der Waals surface area contributed by atoms with E-state index in [0.717, 1.165) is 6.42 Å². The summed E-state index contributed by atoms with van der Waals surface area (Å²) >= 11 is 0. The van der Waals surface area contributed by atoms with Crippen molar-refractivity contribution >= 4 is 11.9 Å². The fourth-order valence-electron chi connectivity index (χ4n) is 2.22. The summed E-state index contributed by atoms with van der Waals surface area (Å²) in [5.41, 5.74) is 0.329. The van der Waals surface area contributed by atoms with E-state index in [1.165, 1.54) is 0 Å². The molecule has 0 aromatic carbocycles. The summed E-state index contributed by atoms with van der Waals surface area (Å²) in [4.78, 5) is 29.2. The molecule has 0 unspecified atom stereocenters. The Hall–Kier alpha value is -2.05. The van der Waals surface area contributed by atoms with E-state index in [-0.39, 0.29) is 11.9 Å². The Kier molecular flexibility index (Phi) is 4.26. The van der Waals surface area contributed by atoms with Crippen molar-refractivity contribution in [3.05, 3.63) is 17.5 Å². The fourth-order valence-corrected chi connectivity index (χ4v) is 2.22. The quantitative estimate of drug-likeness (QED) is 0.763. The van der Waals surface area contributed by atoms with Crippen LogP contribution in [0.2, 0.25) is 0 Å². The maximum absolute atomic E-state index is 12.3. The molecule has 0 bridgehead atoms. The van der Waals surface area contributed by atoms with Gasteiger partial charge in [0.1, 0.15) is 5.76 Å². The van der Waals surface area contributed by atoms with Gasteiger partial charge in [0.05, 0.1) is 0 Å². The highest BCUT2D eigenvalue weighted by atomic mass is 16.5. The van der Waals surface area contributed by atoms with E-state index in [0.29, 0.717) is 37.6 Å². The molecule has 0 spiro atoms. The van der Waals surface area contributed by atoms with Crippen molar-refractivity contribution in [1.82, 2.24) is 19.9 Å². The van der Waals surface area contributed by atoms with Crippen LogP contribution in [-0.2, 0) is 0 Å². The van der Waals surface area contributed by atoms with E-state index in [2.05, 4.69) is 5.16 Å². The van der Waals surface area contributed by atoms with Crippen molar-refractivity contribution in [2.75, 3.05) is 40.3 Å². The number of hydrogen-bond donors (Lipinski definition) is 0. The summed E-state index contributed by atoms with van der Waals surface area (Å²) in [5, 5.41) is 3.75. The largest absolute Gasteiger partial charge is 0.361 e. The molecule has 1 aliphatic rings. The number of carbonyl (C=O) groups excluding carboxylic acids is 2. The molecule has 0 aliphatic carbocycles. The standard InChI is InChI=1S/C13H20N4O3/c1-10-9-11(14-20-10)12(18)16-5-4-6-17(8-7-16)13(19)15(2)3/h9H,4-8H2,1-3H3. The molecule has 0 saturated carbocycles. The monoisotopic (exact) mass is 280 g/mol. The molecule has 0 atom stereocenters. The Bertz CT molecular complexity index is 498. The number of urea groups is 1. The normalized spacial score (nSPS) is 15.9. The number of amides is 3. The van der Waals surface area contributed by atoms with E-state index < -0.39 is 0 Å². The summed E-state index contributed by atoms with van der Waals surface area (Å²) in [6.45, 7) is 4.11. The van der Waals surface area contributed by atoms with Gasteiger partial charge in [0, 0.05) is 46.3 Å². The van der Waals surface area contributed by atoms with Crippen molar-refractivity contribution in [2.24, 2.45) is 0 Å². The molecule has 0 N–H and O–H groups in total. The van der Waals surface area contributed by atoms with Crippen LogP contribution >= 0.6 is 0 Å². The number of aryl methyl sites for hydroxylation is 1. The molecule has 0 radical (unpaired) electrons. The molecule has 1 aromatic heterocycles. The van der Waals surface area contributed by atoms with Gasteiger partial charge in [-0.05, 0) is 13.3 Å². The van der Waals surface area contributed by atoms with E-state index in [9.17, 15) is 9.59 Å². The number of nitrogens with zero attached hydrogens (tertiary/aromatic N) is 4. The summed E-state index contributed by atoms with van der Waals surface area (Å²) in [5.74, 6) is 0.480. The van der Waals surface area contributed by atoms with Gasteiger partial charge in [-0.3, -0.25) is 4.79 Å². The molecule has 1 saturated heterocycles. The molecule has 2 heterocycles. The van der Waals surface area contributed by atoms with Crippen LogP contribution in [0.25, 0.3) is 0 Å². The summed E-state index contributed by atoms with van der Waals surface area (Å²) in [7, 11) is 3.46. The Balaban J connectivity index is 1.99. The molecule has 1 aliphatic heterocycles. The second-order valence-electron chi connectivity index (χ2n) is 5.13. The van der Waals surface area contributed by atoms with Crippen molar-refractivity contribution in [2.45, 2.75) is 13.3 Å². The van der Waals surface area contributed by atoms with E-state index in [1.54, 1.807) is 41.8 Å². The van der Waals surface area contributed by atoms with Crippen LogP contribution in [-0.4, -0.2) is 72.1 Å². The van der Waals surface area contributed by atoms with Gasteiger partial charge >= 0.3 is 6.03 Å². The molecule has 7 nitrogen and oxygen atoms in total. The lowest BCUT2D eigenvalue weighted by Crippen LogP contribution is -2.42. The minimum absolute atomic E-state index is 0.0171. The van der Waals surface area contributed by atoms with Gasteiger partial charge in [0.15, 0.2) is 5.69 Å². The fraction of sp³-hybridized carbons (Fsp3) is 0.615. The Morgan fingerprint density at radius 3 is 2.45 bits per heavy atom. The minimum Gasteiger partial charge on any atom is -0.361 e. The summed E-state index contributed by atoms with van der Waals surface area (Å²) in [6.07, 6.45) is 0.766. The molecule has 7 heteroatoms. The Morgan fingerprint density at radius 2 is 1.85 bits per heavy atom. The van der Waals surface area contributed by atoms with E-state index >= 15 is 0 Å². The number of rotatable bonds is 1. The molecule has 20 heavy (non-hydrogen) atoms. The SMILES string of the molecule is Cc1cc(C(=O)N2CCCN(C(=O)N(C)C)CC2)no1. The van der Waals surface area contributed by atoms with Gasteiger partial charge in [0.25, 0.3) is 5.91 Å². The maximum Gasteiger partial charge on any atom is 0.319 e. The van der Waals surface area contributed by atoms with Crippen LogP contribution in [0.1, 0.15) is 22.7 Å². The zero-order valence-electron chi connectivity index (χ0n) is 12.1. The lowest BCUT2D eigenvalue weighted by atomic mass is 10.3. The third-order valence-corrected chi connectivity index (χ3v) is 3.28. The van der Waals surface area contributed by atoms with Gasteiger partial charge in [0.2, 0.25) is 0 Å². The Labute approximate surface area is 118 Å². The van der Waals surface area contributed by atoms with Crippen LogP contribution < -0.4 is 0 Å². The third kappa shape index (κ3) is 3.09. The van der Waals surface area contributed by atoms with Crippen LogP contribution in [0.15, 0.2) is 10.6 Å². The first-order valence-corrected chi connectivity index (χ1v) is 6.68. The van der Waals surface area contributed by atoms with Gasteiger partial charge in [-0.15, -0.1) is 0 Å². The maximum atomic E-state index is 12.3. The average molecular weight is 280 g/mol. The van der Waals surface area contributed by atoms with Crippen molar-refractivity contribution in [3.63, 3.8) is 0 Å². The predicted molar refractivity (Wildman–Crippen MR) is 72.4 cm³/mol. The minimum atomic E-state index is -0.138. The van der Waals surface area contributed by atoms with Crippen LogP contribution in [0.5, 0.6) is 0 Å². The second-order valence-corrected chi connectivity index (χ2v) is 5.13. The van der Waals surface area contributed by atoms with E-state index in [4.69, 9.17) is 4.52 Å². The van der Waals surface area contributed by atoms with E-state index in [1.807, 2.05) is 0 Å². The second kappa shape index (κ2) is 5.94. The highest BCUT2D eigenvalue weighted by molar-refractivity contribution is 5.92. The first-order valence-electron chi connectivity index (χ1n) is 6.68. The highest BCUT2D eigenvalue weighted by Gasteiger charge is 2.24. The lowest BCUT2D eigenvalue weighted by molar-refractivity contribution is 0.0751. The van der Waals surface area contributed by atoms with Gasteiger partial charge in [-0.1, -0.05) is 5.16 Å². The number of aromatic nitrogens is 1. The molecule has 2 rings (SSSR count). The Morgan fingerprint density at radius 1 is 1.20 bits per heavy atom. The number of carbonyl (C=O) groups is 2. The van der Waals surface area contributed by atoms with Gasteiger partial charge < -0.3 is 19.2 Å². The van der Waals surface area contributed by atoms with Crippen molar-refractivity contribution < 1.29 is 14.1 Å². The predicted octanol–water partition coefficient (Wildman–Crippen LogP) is 0.813. The van der Waals surface area contributed by atoms with Gasteiger partial charge in [-0.25, -0.2) is 4.79 Å². The van der Waals surface area contributed by atoms with Crippen molar-refractivity contribution in [3.8, 4) is 0 Å². The van der Waals surface area contributed by atoms with Crippen LogP contribution in [0.4, 0.5) is 4.79 Å². The van der Waals surface area contributed by atoms with Crippen molar-refractivity contribution in [1.29, 1.82) is 0 Å². The summed E-state index contributed by atoms with van der Waals surface area (Å²) in [6, 6.07) is 1.62. The lowest BCUT2D eigenvalue weighted by Gasteiger charge is -2.24. The number of hydrogen-bond acceptors (Lipinski definition) is 4. The molecular weight excluding hydrogens is 260 g/mol. The molecule has 1 aromatic rings. The summed E-state index contributed by atoms with van der Waals surface area (Å²) < 4.78 is 4.93. The average Bonchev–Trinajstić information content (AvgIpc) is 2.71. The molecular formula is C13H20N4O3. The highest BCUT2D eigenvalue weighted by Crippen LogP contribution is 2.10. The topological polar surface area (TPSA) is 69.9 Å². The first kappa shape index (κ1) is 14.4. The zero-order chi connectivity index (χ0) is 14.7. The molecule has 110 valence electrons. The van der Waals surface area contributed by atoms with Crippen LogP contribution in [0, 0.1) is 6.92 Å². The smallest absolute Gasteiger partial charge is 0.319 e. The van der Waals surface area contributed by atoms with Gasteiger partial charge in [-0.2, -0.15) is 0 Å². The molecule has 1 fully saturated rings. The zero-order valence-corrected chi connectivity index (χ0v) is 12.1. The molecule has 3 amide bonds. The first-order chi connectivity index (χ1) is 9.49.